The highest BCUT2D eigenvalue weighted by molar-refractivity contribution is 7.99. The Morgan fingerprint density at radius 1 is 1.47 bits per heavy atom. The first-order valence-corrected chi connectivity index (χ1v) is 7.50. The molecule has 1 aliphatic heterocycles. The summed E-state index contributed by atoms with van der Waals surface area (Å²) in [5, 5.41) is 0. The molecular formula is C13H22OS. The Bertz CT molecular complexity index is 247. The molecule has 0 bridgehead atoms. The van der Waals surface area contributed by atoms with Gasteiger partial charge < -0.3 is 4.74 Å². The van der Waals surface area contributed by atoms with E-state index in [0.717, 1.165) is 29.8 Å². The maximum absolute atomic E-state index is 5.74. The van der Waals surface area contributed by atoms with Crippen molar-refractivity contribution >= 4 is 11.8 Å². The van der Waals surface area contributed by atoms with Crippen LogP contribution in [-0.4, -0.2) is 17.8 Å². The predicted octanol–water partition coefficient (Wildman–Crippen LogP) is 3.54. The number of rotatable bonds is 3. The summed E-state index contributed by atoms with van der Waals surface area (Å²) in [4.78, 5) is 0. The van der Waals surface area contributed by atoms with E-state index in [1.807, 2.05) is 11.8 Å². The molecule has 2 aliphatic carbocycles. The van der Waals surface area contributed by atoms with Crippen LogP contribution in [0, 0.1) is 23.2 Å². The number of hydrogen-bond donors (Lipinski definition) is 0. The lowest BCUT2D eigenvalue weighted by molar-refractivity contribution is 0.120. The van der Waals surface area contributed by atoms with Gasteiger partial charge in [0, 0.05) is 5.75 Å². The third-order valence-electron chi connectivity index (χ3n) is 5.06. The average Bonchev–Trinajstić information content (AvgIpc) is 2.58. The number of hydrogen-bond acceptors (Lipinski definition) is 2. The molecule has 0 radical (unpaired) electrons. The highest BCUT2D eigenvalue weighted by Gasteiger charge is 2.62. The van der Waals surface area contributed by atoms with Crippen LogP contribution in [-0.2, 0) is 4.74 Å². The topological polar surface area (TPSA) is 9.23 Å². The maximum Gasteiger partial charge on any atom is 0.103 e. The van der Waals surface area contributed by atoms with Gasteiger partial charge in [0.2, 0.25) is 0 Å². The quantitative estimate of drug-likeness (QED) is 0.728. The summed E-state index contributed by atoms with van der Waals surface area (Å²) in [6.45, 7) is 5.83. The monoisotopic (exact) mass is 226 g/mol. The van der Waals surface area contributed by atoms with Crippen LogP contribution in [0.25, 0.3) is 0 Å². The van der Waals surface area contributed by atoms with Crippen molar-refractivity contribution < 1.29 is 4.74 Å². The lowest BCUT2D eigenvalue weighted by Crippen LogP contribution is -2.11. The minimum atomic E-state index is 0.540. The van der Waals surface area contributed by atoms with Crippen molar-refractivity contribution in [2.24, 2.45) is 23.2 Å². The van der Waals surface area contributed by atoms with Crippen molar-refractivity contribution in [1.29, 1.82) is 0 Å². The van der Waals surface area contributed by atoms with E-state index < -0.39 is 0 Å². The molecule has 1 nitrogen and oxygen atoms in total. The minimum Gasteiger partial charge on any atom is -0.367 e. The molecule has 4 unspecified atom stereocenters. The Morgan fingerprint density at radius 3 is 2.87 bits per heavy atom. The smallest absolute Gasteiger partial charge is 0.103 e. The van der Waals surface area contributed by atoms with E-state index in [1.165, 1.54) is 31.4 Å². The third kappa shape index (κ3) is 1.64. The fourth-order valence-corrected chi connectivity index (χ4v) is 4.99. The zero-order valence-electron chi connectivity index (χ0n) is 9.87. The van der Waals surface area contributed by atoms with Gasteiger partial charge in [0.1, 0.15) is 5.44 Å². The Balaban J connectivity index is 1.57. The summed E-state index contributed by atoms with van der Waals surface area (Å²) in [6.07, 6.45) is 5.83. The normalized spacial score (nSPS) is 48.6. The van der Waals surface area contributed by atoms with E-state index in [0.29, 0.717) is 5.44 Å². The van der Waals surface area contributed by atoms with Gasteiger partial charge >= 0.3 is 0 Å². The lowest BCUT2D eigenvalue weighted by atomic mass is 9.90. The SMILES string of the molecule is CC(C)C12CCC(CC3OCCS3)C1C2. The molecule has 0 spiro atoms. The number of thioether (sulfide) groups is 1. The van der Waals surface area contributed by atoms with Crippen LogP contribution in [0.4, 0.5) is 0 Å². The first-order valence-electron chi connectivity index (χ1n) is 6.45. The van der Waals surface area contributed by atoms with E-state index in [-0.39, 0.29) is 0 Å². The lowest BCUT2D eigenvalue weighted by Gasteiger charge is -2.16. The van der Waals surface area contributed by atoms with Crippen molar-refractivity contribution in [2.45, 2.75) is 45.0 Å². The molecule has 0 aromatic rings. The molecule has 3 aliphatic rings. The van der Waals surface area contributed by atoms with Crippen LogP contribution in [0.2, 0.25) is 0 Å². The van der Waals surface area contributed by atoms with Gasteiger partial charge in [-0.15, -0.1) is 11.8 Å². The van der Waals surface area contributed by atoms with E-state index in [4.69, 9.17) is 4.74 Å². The summed E-state index contributed by atoms with van der Waals surface area (Å²) >= 11 is 2.03. The summed E-state index contributed by atoms with van der Waals surface area (Å²) in [7, 11) is 0. The molecule has 3 fully saturated rings. The van der Waals surface area contributed by atoms with E-state index in [2.05, 4.69) is 13.8 Å². The van der Waals surface area contributed by atoms with Gasteiger partial charge in [-0.3, -0.25) is 0 Å². The number of ether oxygens (including phenoxy) is 1. The molecule has 1 heterocycles. The fourth-order valence-electron chi connectivity index (χ4n) is 3.95. The summed E-state index contributed by atoms with van der Waals surface area (Å²) in [6, 6.07) is 0. The molecule has 15 heavy (non-hydrogen) atoms. The highest BCUT2D eigenvalue weighted by Crippen LogP contribution is 2.70. The van der Waals surface area contributed by atoms with Crippen molar-refractivity contribution in [3.8, 4) is 0 Å². The van der Waals surface area contributed by atoms with Crippen molar-refractivity contribution in [3.05, 3.63) is 0 Å². The second kappa shape index (κ2) is 3.66. The molecule has 2 heteroatoms. The van der Waals surface area contributed by atoms with Crippen LogP contribution in [0.3, 0.4) is 0 Å². The third-order valence-corrected chi connectivity index (χ3v) is 6.17. The molecule has 4 atom stereocenters. The molecule has 86 valence electrons. The summed E-state index contributed by atoms with van der Waals surface area (Å²) in [5.41, 5.74) is 1.31. The zero-order chi connectivity index (χ0) is 10.5. The molecule has 0 aromatic heterocycles. The number of fused-ring (bicyclic) bond motifs is 1. The molecular weight excluding hydrogens is 204 g/mol. The second-order valence-electron chi connectivity index (χ2n) is 5.90. The summed E-state index contributed by atoms with van der Waals surface area (Å²) < 4.78 is 5.74. The van der Waals surface area contributed by atoms with Crippen LogP contribution in [0.5, 0.6) is 0 Å². The molecule has 0 aromatic carbocycles. The molecule has 2 saturated carbocycles. The Kier molecular flexibility index (Phi) is 2.55. The van der Waals surface area contributed by atoms with Crippen LogP contribution >= 0.6 is 11.8 Å². The van der Waals surface area contributed by atoms with Crippen molar-refractivity contribution in [3.63, 3.8) is 0 Å². The van der Waals surface area contributed by atoms with E-state index in [9.17, 15) is 0 Å². The molecule has 0 amide bonds. The maximum atomic E-state index is 5.74. The second-order valence-corrected chi connectivity index (χ2v) is 7.17. The largest absolute Gasteiger partial charge is 0.367 e. The Labute approximate surface area is 97.3 Å². The van der Waals surface area contributed by atoms with Crippen LogP contribution in [0.15, 0.2) is 0 Å². The summed E-state index contributed by atoms with van der Waals surface area (Å²) in [5.74, 6) is 4.17. The van der Waals surface area contributed by atoms with Gasteiger partial charge in [0.25, 0.3) is 0 Å². The van der Waals surface area contributed by atoms with Gasteiger partial charge in [-0.2, -0.15) is 0 Å². The fraction of sp³-hybridized carbons (Fsp3) is 1.00. The first-order chi connectivity index (χ1) is 7.22. The van der Waals surface area contributed by atoms with Crippen LogP contribution in [0.1, 0.15) is 39.5 Å². The van der Waals surface area contributed by atoms with E-state index in [1.54, 1.807) is 0 Å². The van der Waals surface area contributed by atoms with Crippen molar-refractivity contribution in [2.75, 3.05) is 12.4 Å². The predicted molar refractivity (Wildman–Crippen MR) is 64.9 cm³/mol. The minimum absolute atomic E-state index is 0.540. The van der Waals surface area contributed by atoms with Gasteiger partial charge in [-0.25, -0.2) is 0 Å². The van der Waals surface area contributed by atoms with E-state index >= 15 is 0 Å². The Morgan fingerprint density at radius 2 is 2.33 bits per heavy atom. The van der Waals surface area contributed by atoms with Gasteiger partial charge in [0.15, 0.2) is 0 Å². The standard InChI is InChI=1S/C13H22OS/c1-9(2)13-4-3-10(11(13)8-13)7-12-14-5-6-15-12/h9-12H,3-8H2,1-2H3. The first kappa shape index (κ1) is 10.5. The molecule has 0 N–H and O–H groups in total. The average molecular weight is 226 g/mol. The van der Waals surface area contributed by atoms with Crippen molar-refractivity contribution in [1.82, 2.24) is 0 Å². The van der Waals surface area contributed by atoms with Gasteiger partial charge in [0.05, 0.1) is 6.61 Å². The molecule has 1 saturated heterocycles. The highest BCUT2D eigenvalue weighted by atomic mass is 32.2. The van der Waals surface area contributed by atoms with Crippen LogP contribution < -0.4 is 0 Å². The molecule has 3 rings (SSSR count). The zero-order valence-corrected chi connectivity index (χ0v) is 10.7. The van der Waals surface area contributed by atoms with Gasteiger partial charge in [-0.05, 0) is 48.9 Å². The Hall–Kier alpha value is 0.310. The van der Waals surface area contributed by atoms with Gasteiger partial charge in [-0.1, -0.05) is 13.8 Å².